The number of anilines is 1. The monoisotopic (exact) mass is 493 g/mol. The number of amides is 1. The van der Waals surface area contributed by atoms with Gasteiger partial charge in [-0.2, -0.15) is 14.9 Å². The van der Waals surface area contributed by atoms with Gasteiger partial charge >= 0.3 is 0 Å². The van der Waals surface area contributed by atoms with Crippen LogP contribution in [0, 0.1) is 17.2 Å². The minimum Gasteiger partial charge on any atom is -0.354 e. The van der Waals surface area contributed by atoms with E-state index in [1.54, 1.807) is 23.2 Å². The van der Waals surface area contributed by atoms with E-state index in [9.17, 15) is 4.79 Å². The molecule has 2 aliphatic heterocycles. The molecule has 2 aromatic heterocycles. The summed E-state index contributed by atoms with van der Waals surface area (Å²) in [6.07, 6.45) is 3.58. The fourth-order valence-corrected chi connectivity index (χ4v) is 4.87. The molecule has 164 valence electrons. The number of carbonyl (C=O) groups excluding carboxylic acids is 1. The fraction of sp³-hybridized carbons (Fsp3) is 0.391. The highest BCUT2D eigenvalue weighted by Crippen LogP contribution is 2.33. The minimum absolute atomic E-state index is 0.0415. The van der Waals surface area contributed by atoms with Gasteiger partial charge in [-0.1, -0.05) is 12.1 Å². The summed E-state index contributed by atoms with van der Waals surface area (Å²) in [5.74, 6) is 1.17. The smallest absolute Gasteiger partial charge is 0.229 e. The minimum atomic E-state index is -0.0415. The molecule has 8 nitrogen and oxygen atoms in total. The third-order valence-electron chi connectivity index (χ3n) is 6.26. The lowest BCUT2D eigenvalue weighted by atomic mass is 9.96. The van der Waals surface area contributed by atoms with E-state index in [4.69, 9.17) is 10.2 Å². The summed E-state index contributed by atoms with van der Waals surface area (Å²) >= 11 is 3.57. The predicted molar refractivity (Wildman–Crippen MR) is 124 cm³/mol. The Labute approximate surface area is 195 Å². The average Bonchev–Trinajstić information content (AvgIpc) is 2.98. The Hall–Kier alpha value is -2.96. The lowest BCUT2D eigenvalue weighted by Gasteiger charge is -2.42. The van der Waals surface area contributed by atoms with Crippen LogP contribution in [0.5, 0.6) is 0 Å². The van der Waals surface area contributed by atoms with Gasteiger partial charge in [0.15, 0.2) is 5.65 Å². The SMILES string of the molecule is CN(Cc1ccc(C#N)cc1)C(=O)C1CN(c2c3c(nc4c(Br)cnn24)CCNCC3)C1. The number of hydrogen-bond acceptors (Lipinski definition) is 6. The molecule has 5 rings (SSSR count). The zero-order valence-electron chi connectivity index (χ0n) is 17.9. The normalized spacial score (nSPS) is 16.2. The molecule has 32 heavy (non-hydrogen) atoms. The van der Waals surface area contributed by atoms with Gasteiger partial charge in [-0.25, -0.2) is 4.98 Å². The van der Waals surface area contributed by atoms with Crippen LogP contribution < -0.4 is 10.2 Å². The quantitative estimate of drug-likeness (QED) is 0.598. The Bertz CT molecular complexity index is 1210. The second kappa shape index (κ2) is 8.52. The van der Waals surface area contributed by atoms with Crippen molar-refractivity contribution < 1.29 is 4.79 Å². The van der Waals surface area contributed by atoms with Gasteiger partial charge in [0.1, 0.15) is 5.82 Å². The first kappa shape index (κ1) is 20.9. The Kier molecular flexibility index (Phi) is 5.57. The molecule has 0 bridgehead atoms. The molecular weight excluding hydrogens is 470 g/mol. The first-order chi connectivity index (χ1) is 15.5. The number of halogens is 1. The number of nitriles is 1. The number of carbonyl (C=O) groups is 1. The van der Waals surface area contributed by atoms with Gasteiger partial charge in [-0.05, 0) is 46.6 Å². The molecule has 1 fully saturated rings. The Morgan fingerprint density at radius 1 is 1.28 bits per heavy atom. The van der Waals surface area contributed by atoms with Gasteiger partial charge in [0, 0.05) is 45.2 Å². The lowest BCUT2D eigenvalue weighted by molar-refractivity contribution is -0.135. The molecule has 0 radical (unpaired) electrons. The zero-order chi connectivity index (χ0) is 22.2. The second-order valence-electron chi connectivity index (χ2n) is 8.44. The summed E-state index contributed by atoms with van der Waals surface area (Å²) in [6.45, 7) is 3.72. The largest absolute Gasteiger partial charge is 0.354 e. The molecule has 4 heterocycles. The third kappa shape index (κ3) is 3.74. The number of nitrogens with zero attached hydrogens (tertiary/aromatic N) is 6. The third-order valence-corrected chi connectivity index (χ3v) is 6.82. The molecule has 1 amide bonds. The van der Waals surface area contributed by atoms with E-state index in [-0.39, 0.29) is 11.8 Å². The van der Waals surface area contributed by atoms with Crippen LogP contribution in [0.2, 0.25) is 0 Å². The summed E-state index contributed by atoms with van der Waals surface area (Å²) in [6, 6.07) is 9.51. The van der Waals surface area contributed by atoms with E-state index in [0.717, 1.165) is 53.1 Å². The van der Waals surface area contributed by atoms with Crippen molar-refractivity contribution >= 4 is 33.3 Å². The Morgan fingerprint density at radius 2 is 2.03 bits per heavy atom. The molecule has 1 aromatic carbocycles. The fourth-order valence-electron chi connectivity index (χ4n) is 4.52. The van der Waals surface area contributed by atoms with Gasteiger partial charge in [-0.15, -0.1) is 0 Å². The topological polar surface area (TPSA) is 89.6 Å². The van der Waals surface area contributed by atoms with Crippen LogP contribution in [0.15, 0.2) is 34.9 Å². The summed E-state index contributed by atoms with van der Waals surface area (Å²) < 4.78 is 2.80. The van der Waals surface area contributed by atoms with E-state index >= 15 is 0 Å². The second-order valence-corrected chi connectivity index (χ2v) is 9.30. The molecule has 0 aliphatic carbocycles. The van der Waals surface area contributed by atoms with Crippen molar-refractivity contribution in [1.82, 2.24) is 24.8 Å². The summed E-state index contributed by atoms with van der Waals surface area (Å²) in [4.78, 5) is 21.9. The van der Waals surface area contributed by atoms with Gasteiger partial charge in [0.05, 0.1) is 33.9 Å². The molecule has 0 saturated carbocycles. The Morgan fingerprint density at radius 3 is 2.78 bits per heavy atom. The van der Waals surface area contributed by atoms with Gasteiger partial charge < -0.3 is 15.1 Å². The van der Waals surface area contributed by atoms with Gasteiger partial charge in [0.2, 0.25) is 5.91 Å². The van der Waals surface area contributed by atoms with Crippen molar-refractivity contribution in [2.45, 2.75) is 19.4 Å². The Balaban J connectivity index is 1.33. The highest BCUT2D eigenvalue weighted by atomic mass is 79.9. The van der Waals surface area contributed by atoms with E-state index in [2.05, 4.69) is 37.3 Å². The van der Waals surface area contributed by atoms with E-state index in [0.29, 0.717) is 25.2 Å². The van der Waals surface area contributed by atoms with Gasteiger partial charge in [0.25, 0.3) is 0 Å². The van der Waals surface area contributed by atoms with E-state index in [1.807, 2.05) is 23.7 Å². The van der Waals surface area contributed by atoms with Crippen LogP contribution >= 0.6 is 15.9 Å². The number of hydrogen-bond donors (Lipinski definition) is 1. The van der Waals surface area contributed by atoms with Crippen molar-refractivity contribution in [1.29, 1.82) is 5.26 Å². The molecule has 2 aliphatic rings. The van der Waals surface area contributed by atoms with E-state index in [1.165, 1.54) is 5.56 Å². The number of aromatic nitrogens is 3. The molecule has 1 N–H and O–H groups in total. The number of nitrogens with one attached hydrogen (secondary N) is 1. The molecule has 0 atom stereocenters. The molecule has 1 saturated heterocycles. The predicted octanol–water partition coefficient (Wildman–Crippen LogP) is 2.15. The standard InChI is InChI=1S/C23H24BrN7O/c1-29(12-16-4-2-15(10-25)3-5-16)23(32)17-13-30(14-17)22-18-6-8-26-9-7-20(18)28-21-19(24)11-27-31(21)22/h2-5,11,17,26H,6-9,12-14H2,1H3. The average molecular weight is 494 g/mol. The highest BCUT2D eigenvalue weighted by molar-refractivity contribution is 9.10. The number of fused-ring (bicyclic) bond motifs is 2. The molecule has 0 unspecified atom stereocenters. The van der Waals surface area contributed by atoms with Crippen LogP contribution in [-0.2, 0) is 24.2 Å². The van der Waals surface area contributed by atoms with Crippen molar-refractivity contribution in [2.24, 2.45) is 5.92 Å². The van der Waals surface area contributed by atoms with Crippen molar-refractivity contribution in [2.75, 3.05) is 38.1 Å². The van der Waals surface area contributed by atoms with Crippen LogP contribution in [0.25, 0.3) is 5.65 Å². The van der Waals surface area contributed by atoms with Crippen molar-refractivity contribution in [3.8, 4) is 6.07 Å². The zero-order valence-corrected chi connectivity index (χ0v) is 19.5. The highest BCUT2D eigenvalue weighted by Gasteiger charge is 2.37. The van der Waals surface area contributed by atoms with Crippen LogP contribution in [0.1, 0.15) is 22.4 Å². The molecule has 9 heteroatoms. The van der Waals surface area contributed by atoms with E-state index < -0.39 is 0 Å². The van der Waals surface area contributed by atoms with Crippen molar-refractivity contribution in [3.05, 3.63) is 57.3 Å². The summed E-state index contributed by atoms with van der Waals surface area (Å²) in [5.41, 5.74) is 4.82. The summed E-state index contributed by atoms with van der Waals surface area (Å²) in [5, 5.41) is 17.0. The van der Waals surface area contributed by atoms with Crippen molar-refractivity contribution in [3.63, 3.8) is 0 Å². The maximum Gasteiger partial charge on any atom is 0.229 e. The molecular formula is C23H24BrN7O. The lowest BCUT2D eigenvalue weighted by Crippen LogP contribution is -2.54. The maximum atomic E-state index is 13.0. The number of rotatable bonds is 4. The number of benzene rings is 1. The first-order valence-corrected chi connectivity index (χ1v) is 11.6. The summed E-state index contributed by atoms with van der Waals surface area (Å²) in [7, 11) is 1.84. The molecule has 3 aromatic rings. The van der Waals surface area contributed by atoms with Crippen LogP contribution in [0.3, 0.4) is 0 Å². The van der Waals surface area contributed by atoms with Gasteiger partial charge in [-0.3, -0.25) is 4.79 Å². The maximum absolute atomic E-state index is 13.0. The molecule has 0 spiro atoms. The van der Waals surface area contributed by atoms with Crippen LogP contribution in [-0.4, -0.2) is 58.6 Å². The first-order valence-electron chi connectivity index (χ1n) is 10.8. The van der Waals surface area contributed by atoms with Crippen LogP contribution in [0.4, 0.5) is 5.82 Å².